The molecular formula is C21H27N5O4S. The Kier molecular flexibility index (Phi) is 4.47. The van der Waals surface area contributed by atoms with E-state index >= 15 is 0 Å². The molecule has 1 saturated carbocycles. The highest BCUT2D eigenvalue weighted by Crippen LogP contribution is 2.17. The molecule has 0 unspecified atom stereocenters. The fourth-order valence-corrected chi connectivity index (χ4v) is 3.86. The topological polar surface area (TPSA) is 130 Å². The normalized spacial score (nSPS) is 20.2. The molecule has 1 aromatic carbocycles. The van der Waals surface area contributed by atoms with Crippen molar-refractivity contribution in [3.63, 3.8) is 0 Å². The smallest absolute Gasteiger partial charge is 0.328 e. The molecule has 3 amide bonds. The summed E-state index contributed by atoms with van der Waals surface area (Å²) in [6.45, 7) is -6.04. The van der Waals surface area contributed by atoms with Crippen molar-refractivity contribution in [3.8, 4) is 0 Å². The first-order chi connectivity index (χ1) is 18.3. The summed E-state index contributed by atoms with van der Waals surface area (Å²) in [6.07, 6.45) is -0.469. The number of aryl methyl sites for hydroxylation is 2. The molecule has 10 heteroatoms. The van der Waals surface area contributed by atoms with Crippen LogP contribution in [0.3, 0.4) is 0 Å². The van der Waals surface area contributed by atoms with E-state index < -0.39 is 65.4 Å². The van der Waals surface area contributed by atoms with Gasteiger partial charge < -0.3 is 10.6 Å². The van der Waals surface area contributed by atoms with E-state index in [9.17, 15) is 18.0 Å². The number of sulfonamides is 1. The summed E-state index contributed by atoms with van der Waals surface area (Å²) in [7, 11) is -4.33. The van der Waals surface area contributed by atoms with Crippen LogP contribution in [0.5, 0.6) is 0 Å². The van der Waals surface area contributed by atoms with Gasteiger partial charge in [-0.3, -0.25) is 9.78 Å². The summed E-state index contributed by atoms with van der Waals surface area (Å²) in [5, 5.41) is 4.34. The molecule has 1 aliphatic rings. The second-order valence-corrected chi connectivity index (χ2v) is 8.47. The van der Waals surface area contributed by atoms with E-state index in [0.29, 0.717) is 0 Å². The standard InChI is InChI=1S/C21H27N5O4S/c1-15-13-24-19(14-23-15)20(27)22-12-11-16-7-9-18(10-8-16)31(29,30)26-21(28)25-17-5-3-2-4-6-17/h7-10,13-14,17H,2-6,11-12H2,1H3,(H,22,27)(H2,25,26,28)/i1D3,11D2,12D2,13D,14D. The van der Waals surface area contributed by atoms with E-state index in [0.717, 1.165) is 56.4 Å². The van der Waals surface area contributed by atoms with E-state index in [1.165, 1.54) is 0 Å². The molecule has 0 spiro atoms. The molecule has 2 aromatic rings. The number of amides is 3. The van der Waals surface area contributed by atoms with Crippen LogP contribution in [0, 0.1) is 6.85 Å². The van der Waals surface area contributed by atoms with Crippen LogP contribution in [0.2, 0.25) is 0 Å². The number of benzene rings is 1. The maximum absolute atomic E-state index is 12.6. The monoisotopic (exact) mass is 454 g/mol. The van der Waals surface area contributed by atoms with Crippen molar-refractivity contribution in [3.05, 3.63) is 53.6 Å². The van der Waals surface area contributed by atoms with Crippen LogP contribution < -0.4 is 15.4 Å². The number of nitrogens with zero attached hydrogens (tertiary/aromatic N) is 2. The van der Waals surface area contributed by atoms with Gasteiger partial charge in [-0.15, -0.1) is 0 Å². The molecule has 3 rings (SSSR count). The molecule has 1 aliphatic carbocycles. The zero-order valence-electron chi connectivity index (χ0n) is 25.4. The van der Waals surface area contributed by atoms with Gasteiger partial charge in [-0.25, -0.2) is 22.9 Å². The summed E-state index contributed by atoms with van der Waals surface area (Å²) in [6, 6.07) is 2.84. The predicted octanol–water partition coefficient (Wildman–Crippen LogP) is 2.08. The number of urea groups is 1. The highest BCUT2D eigenvalue weighted by molar-refractivity contribution is 7.90. The fraction of sp³-hybridized carbons (Fsp3) is 0.429. The number of hydrogen-bond donors (Lipinski definition) is 3. The Labute approximate surface area is 194 Å². The minimum Gasteiger partial charge on any atom is -0.350 e. The first kappa shape index (κ1) is 13.4. The molecule has 9 nitrogen and oxygen atoms in total. The molecule has 0 bridgehead atoms. The molecule has 0 aliphatic heterocycles. The van der Waals surface area contributed by atoms with Gasteiger partial charge in [0.1, 0.15) is 5.69 Å². The minimum atomic E-state index is -4.33. The van der Waals surface area contributed by atoms with Crippen LogP contribution in [0.4, 0.5) is 4.79 Å². The lowest BCUT2D eigenvalue weighted by atomic mass is 9.96. The van der Waals surface area contributed by atoms with Crippen LogP contribution in [0.25, 0.3) is 0 Å². The Morgan fingerprint density at radius 3 is 2.61 bits per heavy atom. The van der Waals surface area contributed by atoms with Crippen LogP contribution in [-0.2, 0) is 16.4 Å². The van der Waals surface area contributed by atoms with Gasteiger partial charge in [0.15, 0.2) is 0 Å². The zero-order valence-corrected chi connectivity index (χ0v) is 17.2. The van der Waals surface area contributed by atoms with Gasteiger partial charge in [-0.05, 0) is 43.8 Å². The lowest BCUT2D eigenvalue weighted by Crippen LogP contribution is -2.45. The molecule has 0 atom stereocenters. The van der Waals surface area contributed by atoms with Crippen molar-refractivity contribution in [2.24, 2.45) is 0 Å². The second-order valence-electron chi connectivity index (χ2n) is 6.79. The first-order valence-corrected chi connectivity index (χ1v) is 11.0. The fourth-order valence-electron chi connectivity index (χ4n) is 2.95. The third-order valence-corrected chi connectivity index (χ3v) is 5.82. The van der Waals surface area contributed by atoms with Gasteiger partial charge in [0, 0.05) is 28.3 Å². The van der Waals surface area contributed by atoms with Crippen molar-refractivity contribution < 1.29 is 30.3 Å². The highest BCUT2D eigenvalue weighted by atomic mass is 32.2. The summed E-state index contributed by atoms with van der Waals surface area (Å²) in [5.41, 5.74) is -2.10. The molecular weight excluding hydrogens is 418 g/mol. The van der Waals surface area contributed by atoms with E-state index in [-0.39, 0.29) is 16.5 Å². The molecule has 1 aromatic heterocycles. The quantitative estimate of drug-likeness (QED) is 0.587. The van der Waals surface area contributed by atoms with Gasteiger partial charge in [0.2, 0.25) is 0 Å². The number of rotatable bonds is 7. The SMILES string of the molecule is [2H]c1nc(C([2H])([2H])[2H])c([2H])nc1C(=O)NC([2H])([2H])C([2H])([2H])c1ccc(S(=O)(=O)NC(=O)NC2CCCCC2)cc1. The molecule has 0 radical (unpaired) electrons. The Bertz CT molecular complexity index is 1380. The zero-order chi connectivity index (χ0) is 30.1. The summed E-state index contributed by atoms with van der Waals surface area (Å²) >= 11 is 0. The minimum absolute atomic E-state index is 0.139. The maximum atomic E-state index is 12.6. The van der Waals surface area contributed by atoms with Crippen LogP contribution in [-0.4, -0.2) is 42.9 Å². The molecule has 0 saturated heterocycles. The van der Waals surface area contributed by atoms with Crippen LogP contribution >= 0.6 is 0 Å². The van der Waals surface area contributed by atoms with Gasteiger partial charge in [-0.2, -0.15) is 0 Å². The molecule has 31 heavy (non-hydrogen) atoms. The lowest BCUT2D eigenvalue weighted by molar-refractivity contribution is 0.0948. The van der Waals surface area contributed by atoms with Crippen molar-refractivity contribution in [2.75, 3.05) is 6.50 Å². The van der Waals surface area contributed by atoms with Crippen molar-refractivity contribution >= 4 is 22.0 Å². The Morgan fingerprint density at radius 2 is 1.90 bits per heavy atom. The Morgan fingerprint density at radius 1 is 1.16 bits per heavy atom. The number of carbonyl (C=O) groups excluding carboxylic acids is 2. The number of carbonyl (C=O) groups is 2. The van der Waals surface area contributed by atoms with Gasteiger partial charge >= 0.3 is 6.03 Å². The average molecular weight is 455 g/mol. The third-order valence-electron chi connectivity index (χ3n) is 4.48. The van der Waals surface area contributed by atoms with Gasteiger partial charge in [-0.1, -0.05) is 31.4 Å². The maximum Gasteiger partial charge on any atom is 0.328 e. The van der Waals surface area contributed by atoms with E-state index in [1.807, 2.05) is 4.72 Å². The third kappa shape index (κ3) is 6.74. The van der Waals surface area contributed by atoms with E-state index in [2.05, 4.69) is 15.3 Å². The number of nitrogens with one attached hydrogen (secondary N) is 3. The van der Waals surface area contributed by atoms with Crippen molar-refractivity contribution in [2.45, 2.75) is 56.3 Å². The first-order valence-electron chi connectivity index (χ1n) is 14.0. The van der Waals surface area contributed by atoms with Gasteiger partial charge in [0.05, 0.1) is 19.5 Å². The average Bonchev–Trinajstić information content (AvgIpc) is 2.84. The molecule has 166 valence electrons. The van der Waals surface area contributed by atoms with Crippen LogP contribution in [0.1, 0.15) is 66.2 Å². The number of hydrogen-bond acceptors (Lipinski definition) is 6. The Balaban J connectivity index is 1.75. The number of aromatic nitrogens is 2. The van der Waals surface area contributed by atoms with Crippen LogP contribution in [0.15, 0.2) is 41.5 Å². The van der Waals surface area contributed by atoms with E-state index in [1.54, 1.807) is 5.32 Å². The lowest BCUT2D eigenvalue weighted by Gasteiger charge is -2.22. The molecule has 1 fully saturated rings. The van der Waals surface area contributed by atoms with E-state index in [4.69, 9.17) is 12.3 Å². The Hall–Kier alpha value is -3.01. The summed E-state index contributed by atoms with van der Waals surface area (Å²) < 4.78 is 97.3. The van der Waals surface area contributed by atoms with Gasteiger partial charge in [0.25, 0.3) is 15.9 Å². The highest BCUT2D eigenvalue weighted by Gasteiger charge is 2.21. The summed E-state index contributed by atoms with van der Waals surface area (Å²) in [4.78, 5) is 31.2. The van der Waals surface area contributed by atoms with Crippen molar-refractivity contribution in [1.29, 1.82) is 0 Å². The predicted molar refractivity (Wildman–Crippen MR) is 115 cm³/mol. The second kappa shape index (κ2) is 10.3. The molecule has 3 N–H and O–H groups in total. The summed E-state index contributed by atoms with van der Waals surface area (Å²) in [5.74, 6) is -1.43. The molecule has 1 heterocycles. The van der Waals surface area contributed by atoms with Crippen molar-refractivity contribution in [1.82, 2.24) is 25.3 Å². The largest absolute Gasteiger partial charge is 0.350 e.